The molecule has 6 nitrogen and oxygen atoms in total. The van der Waals surface area contributed by atoms with Crippen LogP contribution in [0.15, 0.2) is 53.4 Å². The molecule has 1 aliphatic heterocycles. The number of carbonyl (C=O) groups excluding carboxylic acids is 1. The van der Waals surface area contributed by atoms with Gasteiger partial charge in [-0.3, -0.25) is 4.79 Å². The molecule has 1 aliphatic rings. The maximum atomic E-state index is 12.8. The van der Waals surface area contributed by atoms with Crippen molar-refractivity contribution in [2.24, 2.45) is 0 Å². The van der Waals surface area contributed by atoms with Crippen molar-refractivity contribution < 1.29 is 17.9 Å². The normalized spacial score (nSPS) is 15.6. The summed E-state index contributed by atoms with van der Waals surface area (Å²) in [6.45, 7) is 1.29. The van der Waals surface area contributed by atoms with Crippen LogP contribution in [0.4, 0.5) is 0 Å². The summed E-state index contributed by atoms with van der Waals surface area (Å²) in [6, 6.07) is 14.1. The van der Waals surface area contributed by atoms with E-state index in [2.05, 4.69) is 0 Å². The van der Waals surface area contributed by atoms with Gasteiger partial charge in [-0.25, -0.2) is 8.42 Å². The third kappa shape index (κ3) is 4.85. The monoisotopic (exact) mass is 442 g/mol. The zero-order valence-electron chi connectivity index (χ0n) is 15.1. The highest BCUT2D eigenvalue weighted by atomic mass is 35.5. The van der Waals surface area contributed by atoms with E-state index >= 15 is 0 Å². The maximum Gasteiger partial charge on any atom is 0.248 e. The molecule has 0 unspecified atom stereocenters. The number of amides is 1. The Morgan fingerprint density at radius 2 is 1.64 bits per heavy atom. The molecule has 0 atom stereocenters. The van der Waals surface area contributed by atoms with Crippen molar-refractivity contribution in [3.63, 3.8) is 0 Å². The SMILES string of the molecule is O=C(COCc1ccccc1)N1CCN(S(=O)(=O)c2cccc(Cl)c2Cl)CC1. The number of hydrogen-bond acceptors (Lipinski definition) is 4. The lowest BCUT2D eigenvalue weighted by atomic mass is 10.2. The Balaban J connectivity index is 1.53. The Hall–Kier alpha value is -1.64. The summed E-state index contributed by atoms with van der Waals surface area (Å²) in [4.78, 5) is 13.9. The van der Waals surface area contributed by atoms with Gasteiger partial charge in [0.25, 0.3) is 0 Å². The van der Waals surface area contributed by atoms with Crippen LogP contribution >= 0.6 is 23.2 Å². The number of carbonyl (C=O) groups is 1. The van der Waals surface area contributed by atoms with Gasteiger partial charge in [0.05, 0.1) is 16.7 Å². The molecule has 150 valence electrons. The van der Waals surface area contributed by atoms with Crippen molar-refractivity contribution in [1.29, 1.82) is 0 Å². The van der Waals surface area contributed by atoms with E-state index in [0.29, 0.717) is 19.7 Å². The summed E-state index contributed by atoms with van der Waals surface area (Å²) >= 11 is 12.0. The average molecular weight is 443 g/mol. The van der Waals surface area contributed by atoms with Crippen LogP contribution in [-0.2, 0) is 26.2 Å². The van der Waals surface area contributed by atoms with E-state index in [9.17, 15) is 13.2 Å². The Kier molecular flexibility index (Phi) is 6.95. The summed E-state index contributed by atoms with van der Waals surface area (Å²) < 4.78 is 32.4. The number of nitrogens with zero attached hydrogens (tertiary/aromatic N) is 2. The van der Waals surface area contributed by atoms with Crippen LogP contribution in [0.2, 0.25) is 10.0 Å². The summed E-state index contributed by atoms with van der Waals surface area (Å²) in [5.41, 5.74) is 0.990. The maximum absolute atomic E-state index is 12.8. The van der Waals surface area contributed by atoms with Gasteiger partial charge in [0.15, 0.2) is 0 Å². The molecule has 0 bridgehead atoms. The first-order chi connectivity index (χ1) is 13.4. The number of hydrogen-bond donors (Lipinski definition) is 0. The molecule has 2 aromatic carbocycles. The van der Waals surface area contributed by atoms with E-state index in [-0.39, 0.29) is 40.5 Å². The first-order valence-electron chi connectivity index (χ1n) is 8.73. The molecule has 1 heterocycles. The van der Waals surface area contributed by atoms with Gasteiger partial charge in [0.1, 0.15) is 11.5 Å². The summed E-state index contributed by atoms with van der Waals surface area (Å²) in [7, 11) is -3.77. The number of rotatable bonds is 6. The number of halogens is 2. The highest BCUT2D eigenvalue weighted by Gasteiger charge is 2.31. The Morgan fingerprint density at radius 1 is 0.964 bits per heavy atom. The largest absolute Gasteiger partial charge is 0.367 e. The molecule has 3 rings (SSSR count). The minimum absolute atomic E-state index is 0.0111. The summed E-state index contributed by atoms with van der Waals surface area (Å²) in [5.74, 6) is -0.159. The molecule has 9 heteroatoms. The van der Waals surface area contributed by atoms with Crippen LogP contribution in [0, 0.1) is 0 Å². The van der Waals surface area contributed by atoms with E-state index in [4.69, 9.17) is 27.9 Å². The van der Waals surface area contributed by atoms with E-state index in [1.54, 1.807) is 11.0 Å². The van der Waals surface area contributed by atoms with Gasteiger partial charge in [0.2, 0.25) is 15.9 Å². The van der Waals surface area contributed by atoms with Crippen molar-refractivity contribution in [1.82, 2.24) is 9.21 Å². The fourth-order valence-corrected chi connectivity index (χ4v) is 5.08. The van der Waals surface area contributed by atoms with Crippen LogP contribution in [0.3, 0.4) is 0 Å². The third-order valence-electron chi connectivity index (χ3n) is 4.46. The fourth-order valence-electron chi connectivity index (χ4n) is 2.92. The minimum Gasteiger partial charge on any atom is -0.367 e. The molecular weight excluding hydrogens is 423 g/mol. The summed E-state index contributed by atoms with van der Waals surface area (Å²) in [5, 5.41) is 0.198. The predicted molar refractivity (Wildman–Crippen MR) is 108 cm³/mol. The van der Waals surface area contributed by atoms with E-state index in [0.717, 1.165) is 5.56 Å². The molecule has 1 amide bonds. The van der Waals surface area contributed by atoms with Gasteiger partial charge in [-0.15, -0.1) is 0 Å². The molecule has 0 spiro atoms. The van der Waals surface area contributed by atoms with E-state index < -0.39 is 10.0 Å². The van der Waals surface area contributed by atoms with E-state index in [1.807, 2.05) is 30.3 Å². The lowest BCUT2D eigenvalue weighted by molar-refractivity contribution is -0.137. The van der Waals surface area contributed by atoms with Gasteiger partial charge in [-0.2, -0.15) is 4.31 Å². The first-order valence-corrected chi connectivity index (χ1v) is 10.9. The second kappa shape index (κ2) is 9.24. The van der Waals surface area contributed by atoms with Crippen molar-refractivity contribution in [3.05, 3.63) is 64.1 Å². The molecule has 0 N–H and O–H groups in total. The topological polar surface area (TPSA) is 66.9 Å². The molecule has 28 heavy (non-hydrogen) atoms. The molecule has 1 fully saturated rings. The molecule has 0 radical (unpaired) electrons. The third-order valence-corrected chi connectivity index (χ3v) is 7.33. The average Bonchev–Trinajstić information content (AvgIpc) is 2.70. The summed E-state index contributed by atoms with van der Waals surface area (Å²) in [6.07, 6.45) is 0. The number of benzene rings is 2. The van der Waals surface area contributed by atoms with E-state index in [1.165, 1.54) is 16.4 Å². The molecule has 1 saturated heterocycles. The standard InChI is InChI=1S/C19H20Cl2N2O4S/c20-16-7-4-8-17(19(16)21)28(25,26)23-11-9-22(10-12-23)18(24)14-27-13-15-5-2-1-3-6-15/h1-8H,9-14H2. The predicted octanol–water partition coefficient (Wildman–Crippen LogP) is 3.04. The highest BCUT2D eigenvalue weighted by Crippen LogP contribution is 2.31. The quantitative estimate of drug-likeness (QED) is 0.689. The highest BCUT2D eigenvalue weighted by molar-refractivity contribution is 7.89. The molecule has 0 aromatic heterocycles. The second-order valence-corrected chi connectivity index (χ2v) is 9.01. The van der Waals surface area contributed by atoms with Gasteiger partial charge >= 0.3 is 0 Å². The van der Waals surface area contributed by atoms with Crippen LogP contribution < -0.4 is 0 Å². The van der Waals surface area contributed by atoms with Crippen LogP contribution in [0.25, 0.3) is 0 Å². The number of ether oxygens (including phenoxy) is 1. The van der Waals surface area contributed by atoms with Gasteiger partial charge < -0.3 is 9.64 Å². The Bertz CT molecular complexity index is 930. The lowest BCUT2D eigenvalue weighted by Crippen LogP contribution is -2.51. The van der Waals surface area contributed by atoms with Crippen molar-refractivity contribution in [2.75, 3.05) is 32.8 Å². The van der Waals surface area contributed by atoms with Crippen LogP contribution in [-0.4, -0.2) is 56.3 Å². The molecule has 2 aromatic rings. The van der Waals surface area contributed by atoms with Crippen molar-refractivity contribution in [3.8, 4) is 0 Å². The molecule has 0 saturated carbocycles. The van der Waals surface area contributed by atoms with Crippen molar-refractivity contribution >= 4 is 39.1 Å². The fraction of sp³-hybridized carbons (Fsp3) is 0.316. The van der Waals surface area contributed by atoms with Gasteiger partial charge in [-0.1, -0.05) is 59.6 Å². The smallest absolute Gasteiger partial charge is 0.248 e. The molecular formula is C19H20Cl2N2O4S. The van der Waals surface area contributed by atoms with Gasteiger partial charge in [-0.05, 0) is 17.7 Å². The van der Waals surface area contributed by atoms with Crippen LogP contribution in [0.5, 0.6) is 0 Å². The zero-order chi connectivity index (χ0) is 20.1. The minimum atomic E-state index is -3.77. The number of piperazine rings is 1. The van der Waals surface area contributed by atoms with Gasteiger partial charge in [0, 0.05) is 26.2 Å². The van der Waals surface area contributed by atoms with Crippen molar-refractivity contribution in [2.45, 2.75) is 11.5 Å². The second-order valence-electron chi connectivity index (χ2n) is 6.32. The van der Waals surface area contributed by atoms with Crippen LogP contribution in [0.1, 0.15) is 5.56 Å². The molecule has 0 aliphatic carbocycles. The number of sulfonamides is 1. The Labute approximate surface area is 174 Å². The zero-order valence-corrected chi connectivity index (χ0v) is 17.4. The Morgan fingerprint density at radius 3 is 2.32 bits per heavy atom. The lowest BCUT2D eigenvalue weighted by Gasteiger charge is -2.34. The first kappa shape index (κ1) is 21.1.